The molecule has 0 saturated carbocycles. The Morgan fingerprint density at radius 2 is 1.64 bits per heavy atom. The minimum absolute atomic E-state index is 0.0535. The van der Waals surface area contributed by atoms with Crippen molar-refractivity contribution < 1.29 is 31.8 Å². The van der Waals surface area contributed by atoms with Gasteiger partial charge in [-0.25, -0.2) is 0 Å². The third kappa shape index (κ3) is 6.97. The molecule has 0 aromatic heterocycles. The first-order chi connectivity index (χ1) is 17.3. The van der Waals surface area contributed by atoms with Crippen LogP contribution in [0.5, 0.6) is 0 Å². The highest BCUT2D eigenvalue weighted by Crippen LogP contribution is 2.45. The Balaban J connectivity index is 1.33. The lowest BCUT2D eigenvalue weighted by Gasteiger charge is -2.27. The van der Waals surface area contributed by atoms with Gasteiger partial charge in [-0.1, -0.05) is 48.5 Å². The number of nitrogens with zero attached hydrogens (tertiary/aromatic N) is 2. The number of amides is 1. The van der Waals surface area contributed by atoms with E-state index in [1.54, 1.807) is 12.1 Å². The summed E-state index contributed by atoms with van der Waals surface area (Å²) in [6.45, 7) is 2.68. The van der Waals surface area contributed by atoms with E-state index in [2.05, 4.69) is 4.90 Å². The Hall–Kier alpha value is -2.19. The number of carbonyl (C=O) groups excluding carboxylic acids is 1. The molecule has 0 bridgehead atoms. The maximum absolute atomic E-state index is 13.5. The number of morpholine rings is 1. The number of halogens is 3. The number of unbranched alkanes of at least 4 members (excludes halogenated alkanes) is 1. The number of carbonyl (C=O) groups is 1. The Bertz CT molecular complexity index is 1010. The molecule has 4 rings (SSSR count). The highest BCUT2D eigenvalue weighted by atomic mass is 31.1. The van der Waals surface area contributed by atoms with Crippen LogP contribution in [0, 0.1) is 0 Å². The van der Waals surface area contributed by atoms with Crippen LogP contribution in [-0.2, 0) is 18.6 Å². The largest absolute Gasteiger partial charge is 0.406 e. The van der Waals surface area contributed by atoms with Gasteiger partial charge in [-0.2, -0.15) is 13.2 Å². The van der Waals surface area contributed by atoms with Gasteiger partial charge >= 0.3 is 6.18 Å². The number of ether oxygens (including phenoxy) is 1. The van der Waals surface area contributed by atoms with Crippen molar-refractivity contribution in [1.29, 1.82) is 0 Å². The summed E-state index contributed by atoms with van der Waals surface area (Å²) in [6.07, 6.45) is -3.48. The molecule has 36 heavy (non-hydrogen) atoms. The monoisotopic (exact) mass is 524 g/mol. The van der Waals surface area contributed by atoms with E-state index in [0.29, 0.717) is 39.2 Å². The van der Waals surface area contributed by atoms with E-state index >= 15 is 0 Å². The molecule has 10 heteroatoms. The lowest BCUT2D eigenvalue weighted by atomic mass is 9.95. The SMILES string of the molecule is O=C(C1c2ccccc2-c2ccccc21)N(CCCC[PH](=O)OCCN1CCOCC1)CC(F)(F)F. The molecule has 0 radical (unpaired) electrons. The van der Waals surface area contributed by atoms with Crippen molar-refractivity contribution in [3.8, 4) is 11.1 Å². The van der Waals surface area contributed by atoms with E-state index in [-0.39, 0.29) is 12.7 Å². The van der Waals surface area contributed by atoms with Gasteiger partial charge in [0.1, 0.15) is 6.54 Å². The summed E-state index contributed by atoms with van der Waals surface area (Å²) in [5.41, 5.74) is 3.22. The summed E-state index contributed by atoms with van der Waals surface area (Å²) in [7, 11) is -2.27. The summed E-state index contributed by atoms with van der Waals surface area (Å²) < 4.78 is 63.2. The molecule has 1 heterocycles. The molecule has 2 aromatic carbocycles. The number of fused-ring (bicyclic) bond motifs is 3. The van der Waals surface area contributed by atoms with Gasteiger partial charge in [0.2, 0.25) is 5.91 Å². The van der Waals surface area contributed by atoms with Crippen molar-refractivity contribution in [2.75, 3.05) is 58.7 Å². The standard InChI is InChI=1S/C26H32F3N2O4P/c27-26(28,29)19-31(11-5-6-18-36(33)35-17-14-30-12-15-34-16-13-30)25(32)24-22-9-3-1-7-20(22)21-8-2-4-10-23(21)24/h1-4,7-10,24,36H,5-6,11-19H2. The molecule has 1 amide bonds. The molecule has 196 valence electrons. The van der Waals surface area contributed by atoms with Crippen molar-refractivity contribution in [3.05, 3.63) is 59.7 Å². The van der Waals surface area contributed by atoms with Crippen molar-refractivity contribution >= 4 is 13.9 Å². The molecule has 2 aromatic rings. The summed E-state index contributed by atoms with van der Waals surface area (Å²) in [6, 6.07) is 14.7. The van der Waals surface area contributed by atoms with Crippen LogP contribution in [0.25, 0.3) is 11.1 Å². The lowest BCUT2D eigenvalue weighted by Crippen LogP contribution is -2.42. The highest BCUT2D eigenvalue weighted by molar-refractivity contribution is 7.39. The quantitative estimate of drug-likeness (QED) is 0.313. The van der Waals surface area contributed by atoms with Crippen molar-refractivity contribution in [2.24, 2.45) is 0 Å². The molecule has 1 fully saturated rings. The zero-order valence-corrected chi connectivity index (χ0v) is 21.1. The van der Waals surface area contributed by atoms with Crippen LogP contribution >= 0.6 is 8.03 Å². The molecule has 0 N–H and O–H groups in total. The first-order valence-electron chi connectivity index (χ1n) is 12.3. The van der Waals surface area contributed by atoms with Crippen LogP contribution in [0.1, 0.15) is 29.9 Å². The van der Waals surface area contributed by atoms with E-state index in [0.717, 1.165) is 40.2 Å². The van der Waals surface area contributed by atoms with Crippen LogP contribution in [0.3, 0.4) is 0 Å². The number of alkyl halides is 3. The van der Waals surface area contributed by atoms with E-state index < -0.39 is 32.6 Å². The Labute approximate surface area is 210 Å². The summed E-state index contributed by atoms with van der Waals surface area (Å²) in [5, 5.41) is 0. The number of hydrogen-bond acceptors (Lipinski definition) is 5. The molecular formula is C26H32F3N2O4P. The van der Waals surface area contributed by atoms with Gasteiger partial charge in [-0.15, -0.1) is 0 Å². The second-order valence-electron chi connectivity index (χ2n) is 9.11. The maximum Gasteiger partial charge on any atom is 0.406 e. The van der Waals surface area contributed by atoms with Crippen LogP contribution < -0.4 is 0 Å². The van der Waals surface area contributed by atoms with Crippen molar-refractivity contribution in [1.82, 2.24) is 9.80 Å². The minimum Gasteiger partial charge on any atom is -0.379 e. The fraction of sp³-hybridized carbons (Fsp3) is 0.500. The molecule has 0 spiro atoms. The lowest BCUT2D eigenvalue weighted by molar-refractivity contribution is -0.161. The average Bonchev–Trinajstić information content (AvgIpc) is 3.20. The third-order valence-corrected chi connectivity index (χ3v) is 7.88. The molecule has 2 aliphatic rings. The molecular weight excluding hydrogens is 492 g/mol. The summed E-state index contributed by atoms with van der Waals surface area (Å²) >= 11 is 0. The number of rotatable bonds is 11. The zero-order valence-electron chi connectivity index (χ0n) is 20.1. The second kappa shape index (κ2) is 12.4. The summed E-state index contributed by atoms with van der Waals surface area (Å²) in [5.74, 6) is -1.32. The Morgan fingerprint density at radius 1 is 1.03 bits per heavy atom. The molecule has 1 aliphatic heterocycles. The fourth-order valence-corrected chi connectivity index (χ4v) is 5.85. The third-order valence-electron chi connectivity index (χ3n) is 6.60. The predicted octanol–water partition coefficient (Wildman–Crippen LogP) is 4.79. The minimum atomic E-state index is -4.51. The van der Waals surface area contributed by atoms with Gasteiger partial charge < -0.3 is 14.2 Å². The molecule has 1 atom stereocenters. The number of benzene rings is 2. The van der Waals surface area contributed by atoms with Crippen LogP contribution in [0.15, 0.2) is 48.5 Å². The van der Waals surface area contributed by atoms with Gasteiger partial charge in [-0.05, 0) is 35.1 Å². The van der Waals surface area contributed by atoms with Crippen molar-refractivity contribution in [2.45, 2.75) is 24.9 Å². The topological polar surface area (TPSA) is 59.1 Å². The molecule has 1 unspecified atom stereocenters. The van der Waals surface area contributed by atoms with E-state index in [1.165, 1.54) is 0 Å². The van der Waals surface area contributed by atoms with Crippen LogP contribution in [0.4, 0.5) is 13.2 Å². The summed E-state index contributed by atoms with van der Waals surface area (Å²) in [4.78, 5) is 16.6. The normalized spacial score (nSPS) is 17.0. The predicted molar refractivity (Wildman–Crippen MR) is 133 cm³/mol. The molecule has 1 saturated heterocycles. The fourth-order valence-electron chi connectivity index (χ4n) is 4.85. The first kappa shape index (κ1) is 26.9. The second-order valence-corrected chi connectivity index (χ2v) is 10.6. The smallest absolute Gasteiger partial charge is 0.379 e. The van der Waals surface area contributed by atoms with Gasteiger partial charge in [0.05, 0.1) is 25.7 Å². The van der Waals surface area contributed by atoms with Gasteiger partial charge in [0.15, 0.2) is 8.03 Å². The molecule has 6 nitrogen and oxygen atoms in total. The van der Waals surface area contributed by atoms with E-state index in [9.17, 15) is 22.5 Å². The van der Waals surface area contributed by atoms with Gasteiger partial charge in [-0.3, -0.25) is 14.3 Å². The highest BCUT2D eigenvalue weighted by Gasteiger charge is 2.39. The van der Waals surface area contributed by atoms with E-state index in [1.807, 2.05) is 36.4 Å². The number of hydrogen-bond donors (Lipinski definition) is 0. The zero-order chi connectivity index (χ0) is 25.5. The van der Waals surface area contributed by atoms with Crippen LogP contribution in [0.2, 0.25) is 0 Å². The van der Waals surface area contributed by atoms with Gasteiger partial charge in [0.25, 0.3) is 0 Å². The first-order valence-corrected chi connectivity index (χ1v) is 13.9. The maximum atomic E-state index is 13.5. The van der Waals surface area contributed by atoms with Crippen molar-refractivity contribution in [3.63, 3.8) is 0 Å². The van der Waals surface area contributed by atoms with Gasteiger partial charge in [0, 0.05) is 32.3 Å². The Morgan fingerprint density at radius 3 is 2.25 bits per heavy atom. The Kier molecular flexibility index (Phi) is 9.23. The van der Waals surface area contributed by atoms with E-state index in [4.69, 9.17) is 9.26 Å². The average molecular weight is 525 g/mol. The molecule has 1 aliphatic carbocycles. The van der Waals surface area contributed by atoms with Crippen LogP contribution in [-0.4, -0.2) is 80.6 Å².